The molecule has 1 amide bonds. The average Bonchev–Trinajstić information content (AvgIpc) is 2.93. The van der Waals surface area contributed by atoms with E-state index in [-0.39, 0.29) is 22.0 Å². The average molecular weight is 419 g/mol. The van der Waals surface area contributed by atoms with Crippen LogP contribution in [0, 0.1) is 17.0 Å². The van der Waals surface area contributed by atoms with Gasteiger partial charge in [0, 0.05) is 30.4 Å². The maximum Gasteiger partial charge on any atom is 0.272 e. The summed E-state index contributed by atoms with van der Waals surface area (Å²) in [7, 11) is -2.10. The SMILES string of the molecule is Cn1cc(S(=O)(=O)CC2(C)COC2)cc1C(=O)Nc1cc(F)c(F)c(Cl)c1. The molecular formula is C17H17ClF2N2O4S. The van der Waals surface area contributed by atoms with Crippen LogP contribution in [0.1, 0.15) is 17.4 Å². The summed E-state index contributed by atoms with van der Waals surface area (Å²) in [6.45, 7) is 2.55. The molecule has 2 aromatic rings. The summed E-state index contributed by atoms with van der Waals surface area (Å²) in [5, 5.41) is 1.90. The van der Waals surface area contributed by atoms with E-state index in [0.717, 1.165) is 12.1 Å². The molecule has 1 N–H and O–H groups in total. The number of ether oxygens (including phenoxy) is 1. The number of rotatable bonds is 5. The van der Waals surface area contributed by atoms with Crippen LogP contribution in [0.5, 0.6) is 0 Å². The van der Waals surface area contributed by atoms with Gasteiger partial charge in [-0.2, -0.15) is 0 Å². The van der Waals surface area contributed by atoms with E-state index in [1.54, 1.807) is 0 Å². The van der Waals surface area contributed by atoms with Gasteiger partial charge in [-0.1, -0.05) is 18.5 Å². The molecule has 0 unspecified atom stereocenters. The monoisotopic (exact) mass is 418 g/mol. The van der Waals surface area contributed by atoms with Crippen LogP contribution in [0.15, 0.2) is 29.3 Å². The Bertz CT molecular complexity index is 993. The van der Waals surface area contributed by atoms with E-state index in [4.69, 9.17) is 16.3 Å². The Hall–Kier alpha value is -1.97. The molecule has 1 aliphatic heterocycles. The first-order valence-electron chi connectivity index (χ1n) is 7.93. The van der Waals surface area contributed by atoms with Gasteiger partial charge in [-0.3, -0.25) is 4.79 Å². The van der Waals surface area contributed by atoms with Crippen molar-refractivity contribution in [1.82, 2.24) is 4.57 Å². The summed E-state index contributed by atoms with van der Waals surface area (Å²) in [5.74, 6) is -3.19. The minimum Gasteiger partial charge on any atom is -0.380 e. The first-order valence-corrected chi connectivity index (χ1v) is 9.97. The second kappa shape index (κ2) is 6.88. The van der Waals surface area contributed by atoms with Crippen molar-refractivity contribution in [2.75, 3.05) is 24.3 Å². The molecule has 6 nitrogen and oxygen atoms in total. The lowest BCUT2D eigenvalue weighted by atomic mass is 9.92. The van der Waals surface area contributed by atoms with Gasteiger partial charge in [-0.25, -0.2) is 17.2 Å². The molecule has 0 bridgehead atoms. The van der Waals surface area contributed by atoms with E-state index in [1.165, 1.54) is 23.9 Å². The second-order valence-electron chi connectivity index (χ2n) is 6.94. The fourth-order valence-electron chi connectivity index (χ4n) is 2.83. The number of aromatic nitrogens is 1. The molecule has 27 heavy (non-hydrogen) atoms. The maximum atomic E-state index is 13.4. The molecule has 0 atom stereocenters. The number of nitrogens with zero attached hydrogens (tertiary/aromatic N) is 1. The summed E-state index contributed by atoms with van der Waals surface area (Å²) in [4.78, 5) is 12.4. The van der Waals surface area contributed by atoms with Crippen molar-refractivity contribution in [2.24, 2.45) is 12.5 Å². The highest BCUT2D eigenvalue weighted by molar-refractivity contribution is 7.91. The predicted molar refractivity (Wildman–Crippen MR) is 95.7 cm³/mol. The molecular weight excluding hydrogens is 402 g/mol. The quantitative estimate of drug-likeness (QED) is 0.757. The van der Waals surface area contributed by atoms with E-state index < -0.39 is 37.8 Å². The summed E-state index contributed by atoms with van der Waals surface area (Å²) in [6.07, 6.45) is 1.34. The van der Waals surface area contributed by atoms with Gasteiger partial charge in [0.1, 0.15) is 5.69 Å². The van der Waals surface area contributed by atoms with Gasteiger partial charge < -0.3 is 14.6 Å². The van der Waals surface area contributed by atoms with Crippen molar-refractivity contribution in [3.05, 3.63) is 46.7 Å². The maximum absolute atomic E-state index is 13.4. The lowest BCUT2D eigenvalue weighted by molar-refractivity contribution is -0.0870. The molecule has 3 rings (SSSR count). The van der Waals surface area contributed by atoms with Crippen LogP contribution in [0.2, 0.25) is 5.02 Å². The van der Waals surface area contributed by atoms with Crippen molar-refractivity contribution < 1.29 is 26.7 Å². The molecule has 146 valence electrons. The molecule has 2 heterocycles. The van der Waals surface area contributed by atoms with Gasteiger partial charge in [-0.05, 0) is 12.1 Å². The van der Waals surface area contributed by atoms with Gasteiger partial charge >= 0.3 is 0 Å². The fourth-order valence-corrected chi connectivity index (χ4v) is 4.90. The lowest BCUT2D eigenvalue weighted by Crippen LogP contribution is -2.45. The summed E-state index contributed by atoms with van der Waals surface area (Å²) < 4.78 is 58.3. The molecule has 0 saturated carbocycles. The smallest absolute Gasteiger partial charge is 0.272 e. The van der Waals surface area contributed by atoms with Crippen molar-refractivity contribution in [2.45, 2.75) is 11.8 Å². The Morgan fingerprint density at radius 3 is 2.56 bits per heavy atom. The highest BCUT2D eigenvalue weighted by Gasteiger charge is 2.39. The number of carbonyl (C=O) groups is 1. The number of benzene rings is 1. The largest absolute Gasteiger partial charge is 0.380 e. The third-order valence-corrected chi connectivity index (χ3v) is 6.55. The number of hydrogen-bond donors (Lipinski definition) is 1. The lowest BCUT2D eigenvalue weighted by Gasteiger charge is -2.37. The Balaban J connectivity index is 1.82. The zero-order chi connectivity index (χ0) is 20.0. The standard InChI is InChI=1S/C17H17ClF2N2O4S/c1-17(7-26-8-17)9-27(24,25)11-5-14(22(2)6-11)16(23)21-10-3-12(18)15(20)13(19)4-10/h3-6H,7-9H2,1-2H3,(H,21,23). The molecule has 1 aromatic carbocycles. The Morgan fingerprint density at radius 1 is 1.33 bits per heavy atom. The van der Waals surface area contributed by atoms with E-state index in [0.29, 0.717) is 13.2 Å². The number of hydrogen-bond acceptors (Lipinski definition) is 4. The van der Waals surface area contributed by atoms with Gasteiger partial charge in [0.25, 0.3) is 5.91 Å². The topological polar surface area (TPSA) is 77.4 Å². The van der Waals surface area contributed by atoms with Gasteiger partial charge in [0.2, 0.25) is 0 Å². The Morgan fingerprint density at radius 2 is 2.00 bits per heavy atom. The fraction of sp³-hybridized carbons (Fsp3) is 0.353. The number of aryl methyl sites for hydroxylation is 1. The normalized spacial score (nSPS) is 16.0. The number of nitrogens with one attached hydrogen (secondary N) is 1. The van der Waals surface area contributed by atoms with Crippen LogP contribution >= 0.6 is 11.6 Å². The van der Waals surface area contributed by atoms with Crippen LogP contribution in [0.25, 0.3) is 0 Å². The molecule has 0 aliphatic carbocycles. The summed E-state index contributed by atoms with van der Waals surface area (Å²) in [5.41, 5.74) is -0.447. The number of amides is 1. The minimum absolute atomic E-state index is 0.00611. The first kappa shape index (κ1) is 19.8. The highest BCUT2D eigenvalue weighted by Crippen LogP contribution is 2.31. The van der Waals surface area contributed by atoms with Crippen LogP contribution in [-0.4, -0.2) is 37.9 Å². The molecule has 1 aliphatic rings. The van der Waals surface area contributed by atoms with Crippen LogP contribution in [0.4, 0.5) is 14.5 Å². The second-order valence-corrected chi connectivity index (χ2v) is 9.34. The third-order valence-electron chi connectivity index (χ3n) is 4.25. The minimum atomic E-state index is -3.62. The molecule has 0 radical (unpaired) electrons. The van der Waals surface area contributed by atoms with Crippen LogP contribution in [-0.2, 0) is 21.6 Å². The Labute approximate surface area is 160 Å². The van der Waals surface area contributed by atoms with E-state index in [1.807, 2.05) is 6.92 Å². The Kier molecular flexibility index (Phi) is 5.04. The molecule has 1 fully saturated rings. The molecule has 0 spiro atoms. The predicted octanol–water partition coefficient (Wildman–Crippen LogP) is 3.02. The van der Waals surface area contributed by atoms with Crippen LogP contribution < -0.4 is 5.32 Å². The van der Waals surface area contributed by atoms with Gasteiger partial charge in [0.15, 0.2) is 21.5 Å². The first-order chi connectivity index (χ1) is 12.5. The zero-order valence-electron chi connectivity index (χ0n) is 14.6. The summed E-state index contributed by atoms with van der Waals surface area (Å²) in [6, 6.07) is 3.10. The van der Waals surface area contributed by atoms with Crippen LogP contribution in [0.3, 0.4) is 0 Å². The molecule has 1 saturated heterocycles. The zero-order valence-corrected chi connectivity index (χ0v) is 16.1. The third kappa shape index (κ3) is 3.99. The van der Waals surface area contributed by atoms with E-state index >= 15 is 0 Å². The summed E-state index contributed by atoms with van der Waals surface area (Å²) >= 11 is 5.56. The molecule has 1 aromatic heterocycles. The number of anilines is 1. The van der Waals surface area contributed by atoms with Crippen molar-refractivity contribution in [1.29, 1.82) is 0 Å². The highest BCUT2D eigenvalue weighted by atomic mass is 35.5. The van der Waals surface area contributed by atoms with Gasteiger partial charge in [-0.15, -0.1) is 0 Å². The van der Waals surface area contributed by atoms with Gasteiger partial charge in [0.05, 0.1) is 28.9 Å². The van der Waals surface area contributed by atoms with Crippen molar-refractivity contribution >= 4 is 33.0 Å². The van der Waals surface area contributed by atoms with Crippen molar-refractivity contribution in [3.63, 3.8) is 0 Å². The van der Waals surface area contributed by atoms with E-state index in [2.05, 4.69) is 5.32 Å². The van der Waals surface area contributed by atoms with E-state index in [9.17, 15) is 22.0 Å². The number of halogens is 3. The van der Waals surface area contributed by atoms with Crippen molar-refractivity contribution in [3.8, 4) is 0 Å². The molecule has 10 heteroatoms. The number of carbonyl (C=O) groups excluding carboxylic acids is 1. The number of sulfone groups is 1.